The highest BCUT2D eigenvalue weighted by molar-refractivity contribution is 5.98. The molecule has 0 aliphatic rings. The van der Waals surface area contributed by atoms with Crippen molar-refractivity contribution in [2.45, 2.75) is 13.0 Å². The van der Waals surface area contributed by atoms with Gasteiger partial charge in [0.05, 0.1) is 6.21 Å². The molecule has 0 saturated carbocycles. The SMILES string of the molecule is CC(Oc1ccc(/C=N/NC(=O)c2ccc3ccccc3c2)cc1)C(=O)O. The Kier molecular flexibility index (Phi) is 5.47. The zero-order valence-corrected chi connectivity index (χ0v) is 14.6. The van der Waals surface area contributed by atoms with Crippen molar-refractivity contribution in [3.8, 4) is 5.75 Å². The molecule has 0 saturated heterocycles. The third-order valence-corrected chi connectivity index (χ3v) is 3.93. The number of carbonyl (C=O) groups excluding carboxylic acids is 1. The molecule has 3 aromatic carbocycles. The summed E-state index contributed by atoms with van der Waals surface area (Å²) in [6, 6.07) is 20.0. The van der Waals surface area contributed by atoms with E-state index in [2.05, 4.69) is 10.5 Å². The predicted molar refractivity (Wildman–Crippen MR) is 103 cm³/mol. The van der Waals surface area contributed by atoms with E-state index in [-0.39, 0.29) is 5.91 Å². The van der Waals surface area contributed by atoms with Crippen molar-refractivity contribution < 1.29 is 19.4 Å². The number of nitrogens with zero attached hydrogens (tertiary/aromatic N) is 1. The molecule has 0 bridgehead atoms. The monoisotopic (exact) mass is 362 g/mol. The second-order valence-corrected chi connectivity index (χ2v) is 5.93. The van der Waals surface area contributed by atoms with Gasteiger partial charge in [0.25, 0.3) is 5.91 Å². The highest BCUT2D eigenvalue weighted by atomic mass is 16.5. The Morgan fingerprint density at radius 1 is 1.04 bits per heavy atom. The van der Waals surface area contributed by atoms with Gasteiger partial charge < -0.3 is 9.84 Å². The first-order valence-corrected chi connectivity index (χ1v) is 8.34. The fraction of sp³-hybridized carbons (Fsp3) is 0.0952. The van der Waals surface area contributed by atoms with E-state index in [1.807, 2.05) is 36.4 Å². The first kappa shape index (κ1) is 18.1. The van der Waals surface area contributed by atoms with Crippen molar-refractivity contribution in [2.75, 3.05) is 0 Å². The molecule has 136 valence electrons. The van der Waals surface area contributed by atoms with Crippen LogP contribution in [0.15, 0.2) is 71.8 Å². The topological polar surface area (TPSA) is 88.0 Å². The number of amides is 1. The van der Waals surface area contributed by atoms with Crippen LogP contribution in [0.25, 0.3) is 10.8 Å². The molecule has 0 spiro atoms. The molecular formula is C21H18N2O4. The summed E-state index contributed by atoms with van der Waals surface area (Å²) in [6.07, 6.45) is 0.578. The van der Waals surface area contributed by atoms with Gasteiger partial charge in [-0.2, -0.15) is 5.10 Å². The van der Waals surface area contributed by atoms with E-state index in [4.69, 9.17) is 9.84 Å². The fourth-order valence-corrected chi connectivity index (χ4v) is 2.45. The zero-order valence-electron chi connectivity index (χ0n) is 14.6. The summed E-state index contributed by atoms with van der Waals surface area (Å²) in [5.41, 5.74) is 3.76. The number of nitrogens with one attached hydrogen (secondary N) is 1. The lowest BCUT2D eigenvalue weighted by atomic mass is 10.1. The van der Waals surface area contributed by atoms with Gasteiger partial charge in [0, 0.05) is 5.56 Å². The number of carboxylic acid groups (broad SMARTS) is 1. The van der Waals surface area contributed by atoms with Gasteiger partial charge in [-0.25, -0.2) is 10.2 Å². The Morgan fingerprint density at radius 2 is 1.74 bits per heavy atom. The van der Waals surface area contributed by atoms with Crippen LogP contribution in [0.5, 0.6) is 5.75 Å². The number of fused-ring (bicyclic) bond motifs is 1. The van der Waals surface area contributed by atoms with Gasteiger partial charge >= 0.3 is 5.97 Å². The summed E-state index contributed by atoms with van der Waals surface area (Å²) >= 11 is 0. The Morgan fingerprint density at radius 3 is 2.44 bits per heavy atom. The minimum Gasteiger partial charge on any atom is -0.479 e. The second-order valence-electron chi connectivity index (χ2n) is 5.93. The van der Waals surface area contributed by atoms with Crippen LogP contribution in [0.1, 0.15) is 22.8 Å². The van der Waals surface area contributed by atoms with Crippen molar-refractivity contribution in [2.24, 2.45) is 5.10 Å². The number of hydrazone groups is 1. The lowest BCUT2D eigenvalue weighted by Gasteiger charge is -2.09. The third kappa shape index (κ3) is 4.70. The highest BCUT2D eigenvalue weighted by Gasteiger charge is 2.11. The summed E-state index contributed by atoms with van der Waals surface area (Å²) < 4.78 is 5.25. The largest absolute Gasteiger partial charge is 0.479 e. The van der Waals surface area contributed by atoms with Gasteiger partial charge in [0.15, 0.2) is 6.10 Å². The highest BCUT2D eigenvalue weighted by Crippen LogP contribution is 2.16. The van der Waals surface area contributed by atoms with Crippen LogP contribution >= 0.6 is 0 Å². The van der Waals surface area contributed by atoms with E-state index in [0.717, 1.165) is 16.3 Å². The molecular weight excluding hydrogens is 344 g/mol. The summed E-state index contributed by atoms with van der Waals surface area (Å²) in [4.78, 5) is 23.0. The Labute approximate surface area is 156 Å². The lowest BCUT2D eigenvalue weighted by Crippen LogP contribution is -2.22. The van der Waals surface area contributed by atoms with E-state index in [1.54, 1.807) is 30.3 Å². The van der Waals surface area contributed by atoms with Crippen LogP contribution in [-0.4, -0.2) is 29.3 Å². The molecule has 1 amide bonds. The third-order valence-electron chi connectivity index (χ3n) is 3.93. The van der Waals surface area contributed by atoms with Crippen molar-refractivity contribution in [1.29, 1.82) is 0 Å². The maximum Gasteiger partial charge on any atom is 0.344 e. The van der Waals surface area contributed by atoms with E-state index in [0.29, 0.717) is 11.3 Å². The number of aliphatic carboxylic acids is 1. The Bertz CT molecular complexity index is 996. The standard InChI is InChI=1S/C21H18N2O4/c1-14(21(25)26)27-19-10-6-15(7-11-19)13-22-23-20(24)18-9-8-16-4-2-3-5-17(16)12-18/h2-14H,1H3,(H,23,24)(H,25,26)/b22-13+. The van der Waals surface area contributed by atoms with Crippen LogP contribution in [0.3, 0.4) is 0 Å². The molecule has 3 aromatic rings. The van der Waals surface area contributed by atoms with E-state index < -0.39 is 12.1 Å². The van der Waals surface area contributed by atoms with E-state index >= 15 is 0 Å². The van der Waals surface area contributed by atoms with Gasteiger partial charge in [-0.05, 0) is 59.7 Å². The van der Waals surface area contributed by atoms with Crippen LogP contribution in [0, 0.1) is 0 Å². The minimum atomic E-state index is -1.03. The quantitative estimate of drug-likeness (QED) is 0.519. The summed E-state index contributed by atoms with van der Waals surface area (Å²) in [7, 11) is 0. The number of carboxylic acids is 1. The first-order valence-electron chi connectivity index (χ1n) is 8.34. The Hall–Kier alpha value is -3.67. The number of ether oxygens (including phenoxy) is 1. The first-order chi connectivity index (χ1) is 13.0. The van der Waals surface area contributed by atoms with E-state index in [9.17, 15) is 9.59 Å². The number of benzene rings is 3. The molecule has 0 radical (unpaired) electrons. The predicted octanol–water partition coefficient (Wildman–Crippen LogP) is 3.46. The number of rotatable bonds is 6. The summed E-state index contributed by atoms with van der Waals surface area (Å²) in [5, 5.41) is 14.8. The average Bonchev–Trinajstić information content (AvgIpc) is 2.68. The van der Waals surface area contributed by atoms with Crippen molar-refractivity contribution in [1.82, 2.24) is 5.43 Å². The van der Waals surface area contributed by atoms with Gasteiger partial charge in [0.1, 0.15) is 5.75 Å². The molecule has 0 aliphatic carbocycles. The molecule has 3 rings (SSSR count). The molecule has 0 fully saturated rings. The molecule has 27 heavy (non-hydrogen) atoms. The lowest BCUT2D eigenvalue weighted by molar-refractivity contribution is -0.144. The molecule has 0 heterocycles. The normalized spacial score (nSPS) is 12.0. The van der Waals surface area contributed by atoms with Crippen LogP contribution in [0.4, 0.5) is 0 Å². The maximum absolute atomic E-state index is 12.2. The van der Waals surface area contributed by atoms with Gasteiger partial charge in [0.2, 0.25) is 0 Å². The average molecular weight is 362 g/mol. The summed E-state index contributed by atoms with van der Waals surface area (Å²) in [5.74, 6) is -0.883. The second kappa shape index (κ2) is 8.14. The smallest absolute Gasteiger partial charge is 0.344 e. The number of carbonyl (C=O) groups is 2. The Balaban J connectivity index is 1.60. The number of hydrogen-bond acceptors (Lipinski definition) is 4. The summed E-state index contributed by atoms with van der Waals surface area (Å²) in [6.45, 7) is 1.46. The molecule has 0 aromatic heterocycles. The van der Waals surface area contributed by atoms with Gasteiger partial charge in [-0.1, -0.05) is 30.3 Å². The van der Waals surface area contributed by atoms with Crippen molar-refractivity contribution in [3.05, 3.63) is 77.9 Å². The molecule has 6 nitrogen and oxygen atoms in total. The van der Waals surface area contributed by atoms with Crippen LogP contribution in [-0.2, 0) is 4.79 Å². The van der Waals surface area contributed by atoms with Crippen LogP contribution in [0.2, 0.25) is 0 Å². The van der Waals surface area contributed by atoms with Crippen LogP contribution < -0.4 is 10.2 Å². The number of hydrogen-bond donors (Lipinski definition) is 2. The molecule has 0 aliphatic heterocycles. The zero-order chi connectivity index (χ0) is 19.2. The molecule has 1 unspecified atom stereocenters. The maximum atomic E-state index is 12.2. The van der Waals surface area contributed by atoms with Crippen molar-refractivity contribution in [3.63, 3.8) is 0 Å². The minimum absolute atomic E-state index is 0.299. The molecule has 2 N–H and O–H groups in total. The van der Waals surface area contributed by atoms with Gasteiger partial charge in [-0.3, -0.25) is 4.79 Å². The molecule has 6 heteroatoms. The molecule has 1 atom stereocenters. The van der Waals surface area contributed by atoms with Crippen molar-refractivity contribution >= 4 is 28.9 Å². The fourth-order valence-electron chi connectivity index (χ4n) is 2.45. The van der Waals surface area contributed by atoms with Gasteiger partial charge in [-0.15, -0.1) is 0 Å². The van der Waals surface area contributed by atoms with E-state index in [1.165, 1.54) is 13.1 Å².